The van der Waals surface area contributed by atoms with Crippen molar-refractivity contribution in [1.82, 2.24) is 5.43 Å². The van der Waals surface area contributed by atoms with Gasteiger partial charge >= 0.3 is 0 Å². The number of ether oxygens (including phenoxy) is 1. The molecule has 2 aliphatic rings. The largest absolute Gasteiger partial charge is 0.482 e. The van der Waals surface area contributed by atoms with Gasteiger partial charge in [0.05, 0.1) is 15.1 Å². The quantitative estimate of drug-likeness (QED) is 0.500. The summed E-state index contributed by atoms with van der Waals surface area (Å²) in [7, 11) is 0. The second-order valence-corrected chi connectivity index (χ2v) is 6.48. The van der Waals surface area contributed by atoms with Crippen LogP contribution in [-0.4, -0.2) is 18.2 Å². The Morgan fingerprint density at radius 1 is 1.27 bits per heavy atom. The molecule has 2 aliphatic carbocycles. The summed E-state index contributed by atoms with van der Waals surface area (Å²) in [6.07, 6.45) is 6.30. The molecule has 0 aliphatic heterocycles. The lowest BCUT2D eigenvalue weighted by Gasteiger charge is -2.31. The Morgan fingerprint density at radius 3 is 2.82 bits per heavy atom. The molecule has 1 N–H and O–H groups in total. The SMILES string of the molecule is O=C(COc1cc(Cl)c(Cl)cc1Cl)N/N=C1\C[C@@H]2C=CC[C@@H]12. The van der Waals surface area contributed by atoms with Gasteiger partial charge < -0.3 is 4.74 Å². The van der Waals surface area contributed by atoms with Crippen LogP contribution < -0.4 is 10.2 Å². The summed E-state index contributed by atoms with van der Waals surface area (Å²) >= 11 is 17.7. The van der Waals surface area contributed by atoms with Crippen molar-refractivity contribution < 1.29 is 9.53 Å². The van der Waals surface area contributed by atoms with Gasteiger partial charge in [0.2, 0.25) is 0 Å². The minimum absolute atomic E-state index is 0.194. The first kappa shape index (κ1) is 15.7. The summed E-state index contributed by atoms with van der Waals surface area (Å²) in [5.74, 6) is 1.03. The van der Waals surface area contributed by atoms with Crippen molar-refractivity contribution in [1.29, 1.82) is 0 Å². The van der Waals surface area contributed by atoms with Crippen LogP contribution >= 0.6 is 34.8 Å². The lowest BCUT2D eigenvalue weighted by Crippen LogP contribution is -2.36. The fourth-order valence-electron chi connectivity index (χ4n) is 2.59. The van der Waals surface area contributed by atoms with E-state index in [4.69, 9.17) is 39.5 Å². The van der Waals surface area contributed by atoms with Gasteiger partial charge in [0.1, 0.15) is 5.75 Å². The molecule has 0 saturated heterocycles. The van der Waals surface area contributed by atoms with Gasteiger partial charge in [-0.05, 0) is 24.8 Å². The molecule has 1 aromatic carbocycles. The van der Waals surface area contributed by atoms with E-state index >= 15 is 0 Å². The molecule has 1 fully saturated rings. The monoisotopic (exact) mass is 358 g/mol. The molecule has 2 atom stereocenters. The van der Waals surface area contributed by atoms with Crippen LogP contribution in [0.15, 0.2) is 29.4 Å². The number of fused-ring (bicyclic) bond motifs is 1. The molecule has 22 heavy (non-hydrogen) atoms. The number of amides is 1. The molecule has 0 spiro atoms. The van der Waals surface area contributed by atoms with Crippen molar-refractivity contribution in [3.8, 4) is 5.75 Å². The smallest absolute Gasteiger partial charge is 0.277 e. The Hall–Kier alpha value is -1.23. The topological polar surface area (TPSA) is 50.7 Å². The number of hydrogen-bond acceptors (Lipinski definition) is 3. The Morgan fingerprint density at radius 2 is 2.05 bits per heavy atom. The highest BCUT2D eigenvalue weighted by Gasteiger charge is 2.37. The minimum atomic E-state index is -0.343. The predicted octanol–water partition coefficient (Wildman–Crippen LogP) is 4.09. The molecule has 0 radical (unpaired) electrons. The van der Waals surface area contributed by atoms with Crippen LogP contribution in [0.4, 0.5) is 0 Å². The van der Waals surface area contributed by atoms with Crippen molar-refractivity contribution in [2.45, 2.75) is 12.8 Å². The highest BCUT2D eigenvalue weighted by molar-refractivity contribution is 6.43. The van der Waals surface area contributed by atoms with Crippen LogP contribution in [0.3, 0.4) is 0 Å². The first-order valence-corrected chi connectivity index (χ1v) is 7.97. The van der Waals surface area contributed by atoms with Gasteiger partial charge in [0.15, 0.2) is 6.61 Å². The van der Waals surface area contributed by atoms with Crippen LogP contribution in [0.5, 0.6) is 5.75 Å². The molecule has 1 aromatic rings. The number of hydrazone groups is 1. The van der Waals surface area contributed by atoms with Gasteiger partial charge in [-0.3, -0.25) is 4.79 Å². The second-order valence-electron chi connectivity index (χ2n) is 5.26. The lowest BCUT2D eigenvalue weighted by molar-refractivity contribution is -0.123. The van der Waals surface area contributed by atoms with Crippen molar-refractivity contribution in [2.24, 2.45) is 16.9 Å². The van der Waals surface area contributed by atoms with E-state index in [0.717, 1.165) is 18.6 Å². The van der Waals surface area contributed by atoms with E-state index in [0.29, 0.717) is 32.7 Å². The fraction of sp³-hybridized carbons (Fsp3) is 0.333. The molecule has 0 aromatic heterocycles. The van der Waals surface area contributed by atoms with Crippen LogP contribution in [0.1, 0.15) is 12.8 Å². The Kier molecular flexibility index (Phi) is 4.62. The number of carbonyl (C=O) groups is 1. The number of nitrogens with zero attached hydrogens (tertiary/aromatic N) is 1. The van der Waals surface area contributed by atoms with Gasteiger partial charge in [-0.15, -0.1) is 0 Å². The molecule has 116 valence electrons. The normalized spacial score (nSPS) is 24.0. The molecule has 4 nitrogen and oxygen atoms in total. The maximum absolute atomic E-state index is 11.8. The Labute approximate surface area is 143 Å². The minimum Gasteiger partial charge on any atom is -0.482 e. The molecule has 3 rings (SSSR count). The summed E-state index contributed by atoms with van der Waals surface area (Å²) in [5, 5.41) is 5.10. The number of halogens is 3. The van der Waals surface area contributed by atoms with E-state index in [1.54, 1.807) is 0 Å². The summed E-state index contributed by atoms with van der Waals surface area (Å²) in [4.78, 5) is 11.8. The molecule has 0 heterocycles. The highest BCUT2D eigenvalue weighted by Crippen LogP contribution is 2.40. The zero-order valence-electron chi connectivity index (χ0n) is 11.5. The van der Waals surface area contributed by atoms with Crippen LogP contribution in [-0.2, 0) is 4.79 Å². The molecule has 0 unspecified atom stereocenters. The van der Waals surface area contributed by atoms with Crippen molar-refractivity contribution in [2.75, 3.05) is 6.61 Å². The second kappa shape index (κ2) is 6.49. The molecule has 1 saturated carbocycles. The first-order valence-electron chi connectivity index (χ1n) is 6.84. The van der Waals surface area contributed by atoms with Crippen molar-refractivity contribution >= 4 is 46.4 Å². The Balaban J connectivity index is 1.51. The van der Waals surface area contributed by atoms with E-state index in [2.05, 4.69) is 22.7 Å². The zero-order valence-corrected chi connectivity index (χ0v) is 13.8. The standard InChI is InChI=1S/C15H13Cl3N2O2/c16-10-5-12(18)14(6-11(10)17)22-7-15(21)20-19-13-4-8-2-1-3-9(8)13/h1-2,5-6,8-9H,3-4,7H2,(H,20,21)/b19-13+/t8-,9+/m0/s1. The van der Waals surface area contributed by atoms with E-state index in [-0.39, 0.29) is 12.5 Å². The maximum atomic E-state index is 11.8. The first-order chi connectivity index (χ1) is 10.5. The third-order valence-corrected chi connectivity index (χ3v) is 4.84. The van der Waals surface area contributed by atoms with Crippen molar-refractivity contribution in [3.63, 3.8) is 0 Å². The van der Waals surface area contributed by atoms with Crippen molar-refractivity contribution in [3.05, 3.63) is 39.4 Å². The number of carbonyl (C=O) groups excluding carboxylic acids is 1. The average molecular weight is 360 g/mol. The third kappa shape index (κ3) is 3.24. The third-order valence-electron chi connectivity index (χ3n) is 3.82. The van der Waals surface area contributed by atoms with E-state index in [1.165, 1.54) is 12.1 Å². The molecule has 1 amide bonds. The maximum Gasteiger partial charge on any atom is 0.277 e. The van der Waals surface area contributed by atoms with E-state index in [1.807, 2.05) is 0 Å². The van der Waals surface area contributed by atoms with Gasteiger partial charge in [-0.2, -0.15) is 5.10 Å². The predicted molar refractivity (Wildman–Crippen MR) is 87.9 cm³/mol. The number of nitrogens with one attached hydrogen (secondary N) is 1. The number of hydrogen-bond donors (Lipinski definition) is 1. The summed E-state index contributed by atoms with van der Waals surface area (Å²) in [5.41, 5.74) is 3.54. The van der Waals surface area contributed by atoms with Crippen LogP contribution in [0.2, 0.25) is 15.1 Å². The number of rotatable bonds is 4. The summed E-state index contributed by atoms with van der Waals surface area (Å²) in [6.45, 7) is -0.194. The van der Waals surface area contributed by atoms with Gasteiger partial charge in [0.25, 0.3) is 5.91 Å². The number of allylic oxidation sites excluding steroid dienone is 2. The summed E-state index contributed by atoms with van der Waals surface area (Å²) < 4.78 is 5.34. The molecule has 7 heteroatoms. The molecule has 0 bridgehead atoms. The number of benzene rings is 1. The zero-order chi connectivity index (χ0) is 15.7. The molecular formula is C15H13Cl3N2O2. The van der Waals surface area contributed by atoms with Gasteiger partial charge in [-0.25, -0.2) is 5.43 Å². The molecular weight excluding hydrogens is 347 g/mol. The van der Waals surface area contributed by atoms with Gasteiger partial charge in [-0.1, -0.05) is 47.0 Å². The lowest BCUT2D eigenvalue weighted by atomic mass is 9.74. The van der Waals surface area contributed by atoms with E-state index in [9.17, 15) is 4.79 Å². The van der Waals surface area contributed by atoms with Gasteiger partial charge in [0, 0.05) is 17.7 Å². The van der Waals surface area contributed by atoms with E-state index < -0.39 is 0 Å². The van der Waals surface area contributed by atoms with Crippen LogP contribution in [0.25, 0.3) is 0 Å². The fourth-order valence-corrected chi connectivity index (χ4v) is 3.18. The summed E-state index contributed by atoms with van der Waals surface area (Å²) in [6, 6.07) is 2.95. The average Bonchev–Trinajstić information content (AvgIpc) is 2.83. The highest BCUT2D eigenvalue weighted by atomic mass is 35.5. The van der Waals surface area contributed by atoms with Crippen LogP contribution in [0, 0.1) is 11.8 Å². The Bertz CT molecular complexity index is 673.